The number of benzene rings is 2. The summed E-state index contributed by atoms with van der Waals surface area (Å²) in [6.45, 7) is 0.473. The molecule has 25 heavy (non-hydrogen) atoms. The molecule has 0 unspecified atom stereocenters. The normalized spacial score (nSPS) is 11.0. The topological polar surface area (TPSA) is 26.5 Å². The van der Waals surface area contributed by atoms with Crippen molar-refractivity contribution in [3.05, 3.63) is 89.5 Å². The molecule has 124 valence electrons. The van der Waals surface area contributed by atoms with E-state index >= 15 is 0 Å². The van der Waals surface area contributed by atoms with Crippen molar-refractivity contribution in [3.8, 4) is 16.9 Å². The van der Waals surface area contributed by atoms with Crippen LogP contribution >= 0.6 is 11.6 Å². The molecule has 4 aromatic rings. The Labute approximate surface area is 149 Å². The molecule has 0 aliphatic carbocycles. The second-order valence-electron chi connectivity index (χ2n) is 5.63. The molecule has 0 aliphatic heterocycles. The Morgan fingerprint density at radius 2 is 1.84 bits per heavy atom. The Balaban J connectivity index is 1.69. The smallest absolute Gasteiger partial charge is 0.142 e. The van der Waals surface area contributed by atoms with Crippen molar-refractivity contribution >= 4 is 17.1 Å². The standard InChI is InChI=1S/C20H14ClFN2O/c21-20-16(7-4-8-18(20)22)17-12-23-24-10-9-15(11-19(17)24)25-13-14-5-2-1-3-6-14/h1-12H,13H2. The van der Waals surface area contributed by atoms with Gasteiger partial charge in [-0.1, -0.05) is 54.1 Å². The van der Waals surface area contributed by atoms with Gasteiger partial charge in [-0.3, -0.25) is 0 Å². The Morgan fingerprint density at radius 1 is 1.00 bits per heavy atom. The molecule has 0 spiro atoms. The van der Waals surface area contributed by atoms with Crippen LogP contribution in [0.2, 0.25) is 5.02 Å². The van der Waals surface area contributed by atoms with E-state index in [1.165, 1.54) is 6.07 Å². The first-order chi connectivity index (χ1) is 12.2. The second kappa shape index (κ2) is 6.57. The van der Waals surface area contributed by atoms with E-state index in [1.54, 1.807) is 22.8 Å². The molecule has 0 aliphatic rings. The van der Waals surface area contributed by atoms with Gasteiger partial charge in [0.25, 0.3) is 0 Å². The van der Waals surface area contributed by atoms with Crippen LogP contribution in [0.25, 0.3) is 16.6 Å². The number of nitrogens with zero attached hydrogens (tertiary/aromatic N) is 2. The van der Waals surface area contributed by atoms with E-state index in [1.807, 2.05) is 48.7 Å². The lowest BCUT2D eigenvalue weighted by Crippen LogP contribution is -1.96. The minimum Gasteiger partial charge on any atom is -0.489 e. The predicted molar refractivity (Wildman–Crippen MR) is 96.4 cm³/mol. The first-order valence-electron chi connectivity index (χ1n) is 7.81. The molecule has 0 radical (unpaired) electrons. The molecule has 0 saturated heterocycles. The van der Waals surface area contributed by atoms with E-state index < -0.39 is 5.82 Å². The summed E-state index contributed by atoms with van der Waals surface area (Å²) >= 11 is 6.12. The largest absolute Gasteiger partial charge is 0.489 e. The number of halogens is 2. The van der Waals surface area contributed by atoms with Gasteiger partial charge in [0.2, 0.25) is 0 Å². The fraction of sp³-hybridized carbons (Fsp3) is 0.0500. The van der Waals surface area contributed by atoms with Crippen molar-refractivity contribution in [2.45, 2.75) is 6.61 Å². The molecule has 0 atom stereocenters. The molecular weight excluding hydrogens is 339 g/mol. The van der Waals surface area contributed by atoms with Gasteiger partial charge in [0.15, 0.2) is 0 Å². The Kier molecular flexibility index (Phi) is 4.12. The van der Waals surface area contributed by atoms with E-state index in [0.717, 1.165) is 16.6 Å². The van der Waals surface area contributed by atoms with Crippen molar-refractivity contribution in [3.63, 3.8) is 0 Å². The molecule has 4 rings (SSSR count). The molecule has 0 fully saturated rings. The van der Waals surface area contributed by atoms with E-state index in [0.29, 0.717) is 17.9 Å². The van der Waals surface area contributed by atoms with Crippen LogP contribution in [0.4, 0.5) is 4.39 Å². The van der Waals surface area contributed by atoms with E-state index in [4.69, 9.17) is 16.3 Å². The van der Waals surface area contributed by atoms with Crippen molar-refractivity contribution in [2.24, 2.45) is 0 Å². The third-order valence-corrected chi connectivity index (χ3v) is 4.37. The maximum absolute atomic E-state index is 13.8. The van der Waals surface area contributed by atoms with Crippen molar-refractivity contribution in [2.75, 3.05) is 0 Å². The summed E-state index contributed by atoms with van der Waals surface area (Å²) in [6, 6.07) is 18.4. The molecule has 0 amide bonds. The summed E-state index contributed by atoms with van der Waals surface area (Å²) < 4.78 is 21.4. The molecule has 0 bridgehead atoms. The Hall–Kier alpha value is -2.85. The highest BCUT2D eigenvalue weighted by Crippen LogP contribution is 2.33. The van der Waals surface area contributed by atoms with Gasteiger partial charge in [-0.05, 0) is 17.7 Å². The van der Waals surface area contributed by atoms with Crippen LogP contribution in [0.15, 0.2) is 73.1 Å². The first kappa shape index (κ1) is 15.7. The maximum Gasteiger partial charge on any atom is 0.142 e. The average molecular weight is 353 g/mol. The number of pyridine rings is 1. The lowest BCUT2D eigenvalue weighted by Gasteiger charge is -2.08. The highest BCUT2D eigenvalue weighted by Gasteiger charge is 2.13. The van der Waals surface area contributed by atoms with Crippen molar-refractivity contribution < 1.29 is 9.13 Å². The van der Waals surface area contributed by atoms with Crippen LogP contribution < -0.4 is 4.74 Å². The van der Waals surface area contributed by atoms with E-state index in [9.17, 15) is 4.39 Å². The summed E-state index contributed by atoms with van der Waals surface area (Å²) in [6.07, 6.45) is 3.49. The molecule has 0 saturated carbocycles. The quantitative estimate of drug-likeness (QED) is 0.493. The Morgan fingerprint density at radius 3 is 2.68 bits per heavy atom. The van der Waals surface area contributed by atoms with Gasteiger partial charge in [-0.15, -0.1) is 0 Å². The van der Waals surface area contributed by atoms with Gasteiger partial charge < -0.3 is 4.74 Å². The molecule has 5 heteroatoms. The van der Waals surface area contributed by atoms with Crippen LogP contribution in [-0.2, 0) is 6.61 Å². The number of aromatic nitrogens is 2. The van der Waals surface area contributed by atoms with E-state index in [2.05, 4.69) is 5.10 Å². The third-order valence-electron chi connectivity index (χ3n) is 3.98. The SMILES string of the molecule is Fc1cccc(-c2cnn3ccc(OCc4ccccc4)cc23)c1Cl. The zero-order valence-corrected chi connectivity index (χ0v) is 13.9. The zero-order valence-electron chi connectivity index (χ0n) is 13.2. The van der Waals surface area contributed by atoms with Crippen LogP contribution in [0.5, 0.6) is 5.75 Å². The highest BCUT2D eigenvalue weighted by molar-refractivity contribution is 6.33. The van der Waals surface area contributed by atoms with Crippen molar-refractivity contribution in [1.82, 2.24) is 9.61 Å². The number of ether oxygens (including phenoxy) is 1. The molecule has 2 aromatic heterocycles. The van der Waals surface area contributed by atoms with Crippen molar-refractivity contribution in [1.29, 1.82) is 0 Å². The minimum atomic E-state index is -0.449. The molecule has 3 nitrogen and oxygen atoms in total. The first-order valence-corrected chi connectivity index (χ1v) is 8.19. The third kappa shape index (κ3) is 3.08. The van der Waals surface area contributed by atoms with Gasteiger partial charge in [0, 0.05) is 23.4 Å². The fourth-order valence-electron chi connectivity index (χ4n) is 2.71. The molecular formula is C20H14ClFN2O. The van der Waals surface area contributed by atoms with Gasteiger partial charge in [0.05, 0.1) is 16.7 Å². The maximum atomic E-state index is 13.8. The summed E-state index contributed by atoms with van der Waals surface area (Å²) in [5, 5.41) is 4.40. The lowest BCUT2D eigenvalue weighted by atomic mass is 10.1. The summed E-state index contributed by atoms with van der Waals surface area (Å²) in [7, 11) is 0. The van der Waals surface area contributed by atoms with Crippen LogP contribution in [-0.4, -0.2) is 9.61 Å². The fourth-order valence-corrected chi connectivity index (χ4v) is 2.94. The number of fused-ring (bicyclic) bond motifs is 1. The van der Waals surface area contributed by atoms with Gasteiger partial charge in [-0.2, -0.15) is 5.10 Å². The molecule has 0 N–H and O–H groups in total. The minimum absolute atomic E-state index is 0.0907. The van der Waals surface area contributed by atoms with Crippen LogP contribution in [0, 0.1) is 5.82 Å². The summed E-state index contributed by atoms with van der Waals surface area (Å²) in [5.74, 6) is 0.264. The highest BCUT2D eigenvalue weighted by atomic mass is 35.5. The van der Waals surface area contributed by atoms with Crippen LogP contribution in [0.1, 0.15) is 5.56 Å². The zero-order chi connectivity index (χ0) is 17.2. The van der Waals surface area contributed by atoms with E-state index in [-0.39, 0.29) is 5.02 Å². The number of rotatable bonds is 4. The predicted octanol–water partition coefficient (Wildman–Crippen LogP) is 5.37. The van der Waals surface area contributed by atoms with Crippen LogP contribution in [0.3, 0.4) is 0 Å². The number of hydrogen-bond donors (Lipinski definition) is 0. The average Bonchev–Trinajstić information content (AvgIpc) is 3.06. The van der Waals surface area contributed by atoms with Gasteiger partial charge in [0.1, 0.15) is 18.2 Å². The van der Waals surface area contributed by atoms with Gasteiger partial charge in [-0.25, -0.2) is 8.91 Å². The monoisotopic (exact) mass is 352 g/mol. The lowest BCUT2D eigenvalue weighted by molar-refractivity contribution is 0.306. The Bertz CT molecular complexity index is 1030. The second-order valence-corrected chi connectivity index (χ2v) is 6.00. The summed E-state index contributed by atoms with van der Waals surface area (Å²) in [4.78, 5) is 0. The number of hydrogen-bond acceptors (Lipinski definition) is 2. The van der Waals surface area contributed by atoms with Gasteiger partial charge >= 0.3 is 0 Å². The molecule has 2 aromatic carbocycles. The summed E-state index contributed by atoms with van der Waals surface area (Å²) in [5.41, 5.74) is 3.26. The molecule has 2 heterocycles.